The monoisotopic (exact) mass is 310 g/mol. The summed E-state index contributed by atoms with van der Waals surface area (Å²) in [7, 11) is 2.98. The summed E-state index contributed by atoms with van der Waals surface area (Å²) in [6.45, 7) is 0. The minimum atomic E-state index is -2.57. The largest absolute Gasteiger partial charge is 0.493 e. The third-order valence-corrected chi connectivity index (χ3v) is 3.92. The highest BCUT2D eigenvalue weighted by molar-refractivity contribution is 5.81. The Labute approximate surface area is 125 Å². The van der Waals surface area contributed by atoms with E-state index >= 15 is 0 Å². The lowest BCUT2D eigenvalue weighted by Crippen LogP contribution is -2.37. The van der Waals surface area contributed by atoms with E-state index < -0.39 is 5.92 Å². The smallest absolute Gasteiger partial charge is 0.258 e. The Morgan fingerprint density at radius 1 is 1.27 bits per heavy atom. The van der Waals surface area contributed by atoms with Gasteiger partial charge in [-0.1, -0.05) is 0 Å². The molecule has 118 valence electrons. The molecular formula is C15H16F2N2O3. The van der Waals surface area contributed by atoms with Gasteiger partial charge in [-0.05, 0) is 12.0 Å². The highest BCUT2D eigenvalue weighted by Crippen LogP contribution is 2.43. The van der Waals surface area contributed by atoms with Gasteiger partial charge in [-0.25, -0.2) is 13.8 Å². The van der Waals surface area contributed by atoms with E-state index in [0.29, 0.717) is 34.6 Å². The summed E-state index contributed by atoms with van der Waals surface area (Å²) in [5.74, 6) is -1.39. The zero-order valence-corrected chi connectivity index (χ0v) is 12.3. The minimum absolute atomic E-state index is 0.143. The van der Waals surface area contributed by atoms with Crippen LogP contribution in [0.3, 0.4) is 0 Å². The summed E-state index contributed by atoms with van der Waals surface area (Å²) in [6.07, 6.45) is 0.0382. The number of alkyl halides is 2. The SMILES string of the molecule is COc1cc2nc(CC3CC(F)(F)C3)[nH]c(=O)c2cc1OC. The van der Waals surface area contributed by atoms with Gasteiger partial charge in [0.05, 0.1) is 25.1 Å². The van der Waals surface area contributed by atoms with Crippen LogP contribution in [0.5, 0.6) is 11.5 Å². The van der Waals surface area contributed by atoms with E-state index in [-0.39, 0.29) is 24.3 Å². The van der Waals surface area contributed by atoms with Crippen molar-refractivity contribution < 1.29 is 18.3 Å². The Morgan fingerprint density at radius 3 is 2.50 bits per heavy atom. The van der Waals surface area contributed by atoms with Gasteiger partial charge < -0.3 is 14.5 Å². The van der Waals surface area contributed by atoms with Gasteiger partial charge in [0.25, 0.3) is 5.56 Å². The van der Waals surface area contributed by atoms with Crippen LogP contribution in [-0.4, -0.2) is 30.1 Å². The van der Waals surface area contributed by atoms with Gasteiger partial charge in [-0.2, -0.15) is 0 Å². The molecule has 0 radical (unpaired) electrons. The summed E-state index contributed by atoms with van der Waals surface area (Å²) < 4.78 is 36.1. The second-order valence-electron chi connectivity index (χ2n) is 5.57. The number of rotatable bonds is 4. The molecule has 1 saturated carbocycles. The van der Waals surface area contributed by atoms with Crippen LogP contribution in [-0.2, 0) is 6.42 Å². The Kier molecular flexibility index (Phi) is 3.50. The predicted molar refractivity (Wildman–Crippen MR) is 76.8 cm³/mol. The van der Waals surface area contributed by atoms with Crippen molar-refractivity contribution in [2.75, 3.05) is 14.2 Å². The zero-order chi connectivity index (χ0) is 15.9. The molecule has 1 aromatic heterocycles. The molecule has 22 heavy (non-hydrogen) atoms. The third-order valence-electron chi connectivity index (χ3n) is 3.92. The number of H-pyrrole nitrogens is 1. The molecule has 1 N–H and O–H groups in total. The first-order valence-electron chi connectivity index (χ1n) is 6.94. The topological polar surface area (TPSA) is 64.2 Å². The van der Waals surface area contributed by atoms with Crippen molar-refractivity contribution in [1.29, 1.82) is 0 Å². The number of benzene rings is 1. The Morgan fingerprint density at radius 2 is 1.91 bits per heavy atom. The molecule has 0 atom stereocenters. The zero-order valence-electron chi connectivity index (χ0n) is 12.3. The maximum atomic E-state index is 12.9. The molecule has 0 unspecified atom stereocenters. The molecule has 2 aromatic rings. The van der Waals surface area contributed by atoms with Gasteiger partial charge in [-0.15, -0.1) is 0 Å². The van der Waals surface area contributed by atoms with Crippen LogP contribution < -0.4 is 15.0 Å². The summed E-state index contributed by atoms with van der Waals surface area (Å²) in [4.78, 5) is 19.2. The molecule has 1 heterocycles. The van der Waals surface area contributed by atoms with Crippen LogP contribution in [0.2, 0.25) is 0 Å². The molecule has 7 heteroatoms. The average Bonchev–Trinajstić information content (AvgIpc) is 2.44. The number of nitrogens with one attached hydrogen (secondary N) is 1. The average molecular weight is 310 g/mol. The molecule has 1 aliphatic rings. The molecule has 0 bridgehead atoms. The first-order chi connectivity index (χ1) is 10.4. The molecule has 0 aliphatic heterocycles. The molecule has 0 saturated heterocycles. The number of halogens is 2. The van der Waals surface area contributed by atoms with E-state index in [2.05, 4.69) is 9.97 Å². The van der Waals surface area contributed by atoms with Crippen molar-refractivity contribution in [2.24, 2.45) is 5.92 Å². The van der Waals surface area contributed by atoms with Gasteiger partial charge in [0.1, 0.15) is 5.82 Å². The van der Waals surface area contributed by atoms with Crippen molar-refractivity contribution in [2.45, 2.75) is 25.2 Å². The molecular weight excluding hydrogens is 294 g/mol. The normalized spacial score (nSPS) is 17.3. The highest BCUT2D eigenvalue weighted by Gasteiger charge is 2.45. The molecule has 1 aliphatic carbocycles. The van der Waals surface area contributed by atoms with Gasteiger partial charge in [0.15, 0.2) is 11.5 Å². The number of hydrogen-bond acceptors (Lipinski definition) is 4. The van der Waals surface area contributed by atoms with Crippen LogP contribution in [0.4, 0.5) is 8.78 Å². The lowest BCUT2D eigenvalue weighted by atomic mass is 9.79. The minimum Gasteiger partial charge on any atom is -0.493 e. The number of methoxy groups -OCH3 is 2. The van der Waals surface area contributed by atoms with Crippen molar-refractivity contribution in [3.8, 4) is 11.5 Å². The third kappa shape index (κ3) is 2.63. The van der Waals surface area contributed by atoms with E-state index in [1.165, 1.54) is 14.2 Å². The van der Waals surface area contributed by atoms with Crippen LogP contribution in [0.1, 0.15) is 18.7 Å². The van der Waals surface area contributed by atoms with Gasteiger partial charge in [0, 0.05) is 25.3 Å². The maximum absolute atomic E-state index is 12.9. The number of aromatic amines is 1. The van der Waals surface area contributed by atoms with E-state index in [1.54, 1.807) is 12.1 Å². The van der Waals surface area contributed by atoms with Gasteiger partial charge in [0.2, 0.25) is 5.92 Å². The maximum Gasteiger partial charge on any atom is 0.258 e. The Balaban J connectivity index is 1.95. The van der Waals surface area contributed by atoms with Crippen molar-refractivity contribution >= 4 is 10.9 Å². The van der Waals surface area contributed by atoms with Crippen LogP contribution in [0.25, 0.3) is 10.9 Å². The van der Waals surface area contributed by atoms with Crippen molar-refractivity contribution in [3.05, 3.63) is 28.3 Å². The fraction of sp³-hybridized carbons (Fsp3) is 0.467. The highest BCUT2D eigenvalue weighted by atomic mass is 19.3. The van der Waals surface area contributed by atoms with E-state index in [1.807, 2.05) is 0 Å². The number of ether oxygens (including phenoxy) is 2. The van der Waals surface area contributed by atoms with E-state index in [0.717, 1.165) is 0 Å². The lowest BCUT2D eigenvalue weighted by Gasteiger charge is -2.34. The fourth-order valence-electron chi connectivity index (χ4n) is 2.81. The quantitative estimate of drug-likeness (QED) is 0.942. The first kappa shape index (κ1) is 14.7. The summed E-state index contributed by atoms with van der Waals surface area (Å²) in [6, 6.07) is 3.17. The van der Waals surface area contributed by atoms with Crippen molar-refractivity contribution in [1.82, 2.24) is 9.97 Å². The molecule has 0 spiro atoms. The Bertz CT molecular complexity index is 765. The van der Waals surface area contributed by atoms with Crippen LogP contribution in [0.15, 0.2) is 16.9 Å². The molecule has 1 aromatic carbocycles. The van der Waals surface area contributed by atoms with E-state index in [9.17, 15) is 13.6 Å². The van der Waals surface area contributed by atoms with Gasteiger partial charge in [-0.3, -0.25) is 4.79 Å². The molecule has 5 nitrogen and oxygen atoms in total. The summed E-state index contributed by atoms with van der Waals surface area (Å²) in [5.41, 5.74) is 0.148. The van der Waals surface area contributed by atoms with Crippen LogP contribution in [0, 0.1) is 5.92 Å². The second kappa shape index (κ2) is 5.23. The number of hydrogen-bond donors (Lipinski definition) is 1. The molecule has 0 amide bonds. The molecule has 1 fully saturated rings. The predicted octanol–water partition coefficient (Wildman–Crippen LogP) is 2.53. The lowest BCUT2D eigenvalue weighted by molar-refractivity contribution is -0.110. The fourth-order valence-corrected chi connectivity index (χ4v) is 2.81. The summed E-state index contributed by atoms with van der Waals surface area (Å²) in [5, 5.41) is 0.375. The number of fused-ring (bicyclic) bond motifs is 1. The van der Waals surface area contributed by atoms with Crippen molar-refractivity contribution in [3.63, 3.8) is 0 Å². The molecule has 3 rings (SSSR count). The first-order valence-corrected chi connectivity index (χ1v) is 6.94. The number of aromatic nitrogens is 2. The second-order valence-corrected chi connectivity index (χ2v) is 5.57. The standard InChI is InChI=1S/C15H16F2N2O3/c1-21-11-4-9-10(5-12(11)22-2)18-13(19-14(9)20)3-8-6-15(16,17)7-8/h4-5,8H,3,6-7H2,1-2H3,(H,18,19,20). The van der Waals surface area contributed by atoms with E-state index in [4.69, 9.17) is 9.47 Å². The van der Waals surface area contributed by atoms with Gasteiger partial charge >= 0.3 is 0 Å². The van der Waals surface area contributed by atoms with Crippen LogP contribution >= 0.6 is 0 Å². The Hall–Kier alpha value is -2.18. The number of nitrogens with zero attached hydrogens (tertiary/aromatic N) is 1. The summed E-state index contributed by atoms with van der Waals surface area (Å²) >= 11 is 0.